The first-order valence-electron chi connectivity index (χ1n) is 6.59. The topological polar surface area (TPSA) is 42.7 Å². The van der Waals surface area contributed by atoms with E-state index < -0.39 is 0 Å². The summed E-state index contributed by atoms with van der Waals surface area (Å²) in [7, 11) is 0. The van der Waals surface area contributed by atoms with E-state index in [1.54, 1.807) is 17.3 Å². The summed E-state index contributed by atoms with van der Waals surface area (Å²) in [6, 6.07) is 8.25. The molecule has 4 nitrogen and oxygen atoms in total. The minimum absolute atomic E-state index is 1.03. The Morgan fingerprint density at radius 1 is 1.11 bits per heavy atom. The first-order valence-corrected chi connectivity index (χ1v) is 6.59. The minimum Gasteiger partial charge on any atom is -0.385 e. The van der Waals surface area contributed by atoms with Crippen molar-refractivity contribution in [3.63, 3.8) is 0 Å². The zero-order valence-electron chi connectivity index (χ0n) is 10.8. The number of hydrogen-bond donors (Lipinski definition) is 1. The molecule has 18 heavy (non-hydrogen) atoms. The maximum absolute atomic E-state index is 4.10. The molecule has 1 aromatic heterocycles. The fourth-order valence-corrected chi connectivity index (χ4v) is 1.86. The van der Waals surface area contributed by atoms with Gasteiger partial charge in [0.15, 0.2) is 0 Å². The standard InChI is InChI=1S/C14H20N4/c1-2-3-4-5-10-16-13-6-8-14(9-7-13)18-12-15-11-17-18/h6-9,11-12,16H,2-5,10H2,1H3. The quantitative estimate of drug-likeness (QED) is 0.760. The van der Waals surface area contributed by atoms with Crippen molar-refractivity contribution >= 4 is 5.69 Å². The molecule has 96 valence electrons. The van der Waals surface area contributed by atoms with Crippen LogP contribution in [0.5, 0.6) is 0 Å². The van der Waals surface area contributed by atoms with Crippen LogP contribution < -0.4 is 5.32 Å². The SMILES string of the molecule is CCCCCCNc1ccc(-n2cncn2)cc1. The van der Waals surface area contributed by atoms with Crippen molar-refractivity contribution in [1.82, 2.24) is 14.8 Å². The zero-order valence-corrected chi connectivity index (χ0v) is 10.8. The van der Waals surface area contributed by atoms with Crippen molar-refractivity contribution in [3.8, 4) is 5.69 Å². The third kappa shape index (κ3) is 3.58. The van der Waals surface area contributed by atoms with Crippen LogP contribution >= 0.6 is 0 Å². The highest BCUT2D eigenvalue weighted by molar-refractivity contribution is 5.48. The predicted molar refractivity (Wildman–Crippen MR) is 74.0 cm³/mol. The first kappa shape index (κ1) is 12.6. The van der Waals surface area contributed by atoms with E-state index in [9.17, 15) is 0 Å². The van der Waals surface area contributed by atoms with Crippen LogP contribution in [0.15, 0.2) is 36.9 Å². The number of unbranched alkanes of at least 4 members (excludes halogenated alkanes) is 3. The van der Waals surface area contributed by atoms with Crippen LogP contribution in [0.4, 0.5) is 5.69 Å². The molecule has 1 heterocycles. The van der Waals surface area contributed by atoms with Gasteiger partial charge in [0.05, 0.1) is 5.69 Å². The Kier molecular flexibility index (Phi) is 4.76. The summed E-state index contributed by atoms with van der Waals surface area (Å²) >= 11 is 0. The van der Waals surface area contributed by atoms with Crippen molar-refractivity contribution in [1.29, 1.82) is 0 Å². The number of anilines is 1. The molecule has 0 radical (unpaired) electrons. The summed E-state index contributed by atoms with van der Waals surface area (Å²) < 4.78 is 1.75. The number of nitrogens with one attached hydrogen (secondary N) is 1. The third-order valence-electron chi connectivity index (χ3n) is 2.91. The summed E-state index contributed by atoms with van der Waals surface area (Å²) in [4.78, 5) is 3.94. The smallest absolute Gasteiger partial charge is 0.138 e. The Hall–Kier alpha value is -1.84. The van der Waals surface area contributed by atoms with Crippen molar-refractivity contribution in [2.45, 2.75) is 32.6 Å². The van der Waals surface area contributed by atoms with Gasteiger partial charge in [0.2, 0.25) is 0 Å². The molecule has 0 saturated carbocycles. The lowest BCUT2D eigenvalue weighted by Crippen LogP contribution is -2.01. The molecule has 0 atom stereocenters. The van der Waals surface area contributed by atoms with Gasteiger partial charge in [-0.05, 0) is 30.7 Å². The van der Waals surface area contributed by atoms with E-state index in [-0.39, 0.29) is 0 Å². The largest absolute Gasteiger partial charge is 0.385 e. The Morgan fingerprint density at radius 2 is 1.94 bits per heavy atom. The van der Waals surface area contributed by atoms with Crippen LogP contribution in [0.2, 0.25) is 0 Å². The highest BCUT2D eigenvalue weighted by atomic mass is 15.3. The van der Waals surface area contributed by atoms with Crippen LogP contribution in [-0.4, -0.2) is 21.3 Å². The summed E-state index contributed by atoms with van der Waals surface area (Å²) in [5.41, 5.74) is 2.19. The van der Waals surface area contributed by atoms with Crippen LogP contribution in [-0.2, 0) is 0 Å². The van der Waals surface area contributed by atoms with Gasteiger partial charge >= 0.3 is 0 Å². The summed E-state index contributed by atoms with van der Waals surface area (Å²) in [6.45, 7) is 3.28. The molecule has 0 aliphatic heterocycles. The lowest BCUT2D eigenvalue weighted by Gasteiger charge is -2.07. The molecular weight excluding hydrogens is 224 g/mol. The Morgan fingerprint density at radius 3 is 2.61 bits per heavy atom. The fourth-order valence-electron chi connectivity index (χ4n) is 1.86. The Labute approximate surface area is 108 Å². The fraction of sp³-hybridized carbons (Fsp3) is 0.429. The lowest BCUT2D eigenvalue weighted by atomic mass is 10.2. The van der Waals surface area contributed by atoms with E-state index in [1.807, 2.05) is 12.1 Å². The Balaban J connectivity index is 1.81. The monoisotopic (exact) mass is 244 g/mol. The molecule has 2 rings (SSSR count). The molecule has 1 aromatic carbocycles. The van der Waals surface area contributed by atoms with Gasteiger partial charge in [-0.25, -0.2) is 9.67 Å². The number of benzene rings is 1. The third-order valence-corrected chi connectivity index (χ3v) is 2.91. The number of hydrogen-bond acceptors (Lipinski definition) is 3. The zero-order chi connectivity index (χ0) is 12.6. The summed E-state index contributed by atoms with van der Waals surface area (Å²) in [5.74, 6) is 0. The molecule has 2 aromatic rings. The van der Waals surface area contributed by atoms with Gasteiger partial charge < -0.3 is 5.32 Å². The summed E-state index contributed by atoms with van der Waals surface area (Å²) in [6.07, 6.45) is 8.39. The molecule has 0 bridgehead atoms. The highest BCUT2D eigenvalue weighted by Gasteiger charge is 1.97. The van der Waals surface area contributed by atoms with Gasteiger partial charge in [0.25, 0.3) is 0 Å². The Bertz CT molecular complexity index is 433. The van der Waals surface area contributed by atoms with Crippen molar-refractivity contribution < 1.29 is 0 Å². The molecule has 4 heteroatoms. The summed E-state index contributed by atoms with van der Waals surface area (Å²) in [5, 5.41) is 7.53. The first-order chi connectivity index (χ1) is 8.90. The lowest BCUT2D eigenvalue weighted by molar-refractivity contribution is 0.685. The van der Waals surface area contributed by atoms with Gasteiger partial charge in [0, 0.05) is 12.2 Å². The predicted octanol–water partition coefficient (Wildman–Crippen LogP) is 3.26. The molecule has 0 fully saturated rings. The second-order valence-corrected chi connectivity index (χ2v) is 4.37. The van der Waals surface area contributed by atoms with E-state index in [0.717, 1.165) is 17.9 Å². The van der Waals surface area contributed by atoms with Gasteiger partial charge in [0.1, 0.15) is 12.7 Å². The second kappa shape index (κ2) is 6.79. The van der Waals surface area contributed by atoms with Crippen LogP contribution in [0.25, 0.3) is 5.69 Å². The molecule has 1 N–H and O–H groups in total. The van der Waals surface area contributed by atoms with E-state index >= 15 is 0 Å². The average Bonchev–Trinajstić information content (AvgIpc) is 2.93. The molecule has 0 aliphatic rings. The van der Waals surface area contributed by atoms with E-state index in [4.69, 9.17) is 0 Å². The maximum atomic E-state index is 4.10. The van der Waals surface area contributed by atoms with E-state index in [2.05, 4.69) is 34.5 Å². The molecule has 0 saturated heterocycles. The second-order valence-electron chi connectivity index (χ2n) is 4.37. The molecule has 0 spiro atoms. The minimum atomic E-state index is 1.03. The molecular formula is C14H20N4. The molecule has 0 unspecified atom stereocenters. The number of rotatable bonds is 7. The van der Waals surface area contributed by atoms with Crippen LogP contribution in [0, 0.1) is 0 Å². The van der Waals surface area contributed by atoms with E-state index in [1.165, 1.54) is 25.7 Å². The van der Waals surface area contributed by atoms with Gasteiger partial charge in [-0.15, -0.1) is 0 Å². The normalized spacial score (nSPS) is 10.5. The van der Waals surface area contributed by atoms with E-state index in [0.29, 0.717) is 0 Å². The van der Waals surface area contributed by atoms with Crippen molar-refractivity contribution in [2.24, 2.45) is 0 Å². The van der Waals surface area contributed by atoms with Gasteiger partial charge in [-0.2, -0.15) is 5.10 Å². The number of nitrogens with zero attached hydrogens (tertiary/aromatic N) is 3. The van der Waals surface area contributed by atoms with Gasteiger partial charge in [-0.1, -0.05) is 26.2 Å². The molecule has 0 amide bonds. The highest BCUT2D eigenvalue weighted by Crippen LogP contribution is 2.12. The van der Waals surface area contributed by atoms with Crippen LogP contribution in [0.1, 0.15) is 32.6 Å². The number of aromatic nitrogens is 3. The maximum Gasteiger partial charge on any atom is 0.138 e. The van der Waals surface area contributed by atoms with Crippen molar-refractivity contribution in [3.05, 3.63) is 36.9 Å². The van der Waals surface area contributed by atoms with Crippen molar-refractivity contribution in [2.75, 3.05) is 11.9 Å². The average molecular weight is 244 g/mol. The van der Waals surface area contributed by atoms with Gasteiger partial charge in [-0.3, -0.25) is 0 Å². The molecule has 0 aliphatic carbocycles. The van der Waals surface area contributed by atoms with Crippen LogP contribution in [0.3, 0.4) is 0 Å².